The van der Waals surface area contributed by atoms with Gasteiger partial charge in [-0.1, -0.05) is 11.6 Å². The Labute approximate surface area is 149 Å². The lowest BCUT2D eigenvalue weighted by Gasteiger charge is -2.24. The van der Waals surface area contributed by atoms with E-state index in [0.717, 1.165) is 21.1 Å². The number of Topliss-reactive ketones (excluding diaryl/α,β-unsaturated/α-hetero) is 1. The number of carbonyl (C=O) groups excluding carboxylic acids is 2. The summed E-state index contributed by atoms with van der Waals surface area (Å²) in [6.07, 6.45) is 0.500. The first-order valence-electron chi connectivity index (χ1n) is 7.62. The van der Waals surface area contributed by atoms with Gasteiger partial charge in [-0.25, -0.2) is 0 Å². The van der Waals surface area contributed by atoms with Crippen molar-refractivity contribution in [2.45, 2.75) is 20.3 Å². The molecule has 0 aliphatic carbocycles. The molecular weight excluding hydrogens is 348 g/mol. The normalized spacial score (nSPS) is 16.2. The molecule has 1 aromatic heterocycles. The zero-order chi connectivity index (χ0) is 17.3. The minimum absolute atomic E-state index is 0.176. The van der Waals surface area contributed by atoms with Crippen molar-refractivity contribution in [1.82, 2.24) is 0 Å². The summed E-state index contributed by atoms with van der Waals surface area (Å²) in [7, 11) is 0. The molecule has 2 aromatic rings. The third-order valence-corrected chi connectivity index (χ3v) is 5.15. The van der Waals surface area contributed by atoms with Crippen LogP contribution in [0.1, 0.15) is 25.7 Å². The maximum Gasteiger partial charge on any atom is 0.313 e. The second kappa shape index (κ2) is 6.95. The summed E-state index contributed by atoms with van der Waals surface area (Å²) in [4.78, 5) is 26.4. The number of hydrogen-bond acceptors (Lipinski definition) is 5. The van der Waals surface area contributed by atoms with E-state index in [4.69, 9.17) is 21.1 Å². The Kier molecular flexibility index (Phi) is 4.92. The van der Waals surface area contributed by atoms with Gasteiger partial charge < -0.3 is 9.47 Å². The van der Waals surface area contributed by atoms with Gasteiger partial charge >= 0.3 is 5.97 Å². The summed E-state index contributed by atoms with van der Waals surface area (Å²) < 4.78 is 10.8. The third-order valence-electron chi connectivity index (χ3n) is 3.95. The van der Waals surface area contributed by atoms with E-state index in [1.54, 1.807) is 29.5 Å². The summed E-state index contributed by atoms with van der Waals surface area (Å²) in [6, 6.07) is 7.17. The molecule has 1 aliphatic rings. The first-order chi connectivity index (χ1) is 11.4. The van der Waals surface area contributed by atoms with Crippen LogP contribution in [0.15, 0.2) is 24.3 Å². The van der Waals surface area contributed by atoms with Crippen molar-refractivity contribution in [3.05, 3.63) is 50.2 Å². The lowest BCUT2D eigenvalue weighted by Crippen LogP contribution is -2.31. The van der Waals surface area contributed by atoms with E-state index in [1.807, 2.05) is 19.9 Å². The van der Waals surface area contributed by atoms with Gasteiger partial charge in [0.1, 0.15) is 12.4 Å². The number of esters is 1. The van der Waals surface area contributed by atoms with Gasteiger partial charge in [0.15, 0.2) is 6.61 Å². The lowest BCUT2D eigenvalue weighted by atomic mass is 9.97. The maximum atomic E-state index is 12.2. The molecule has 0 spiro atoms. The van der Waals surface area contributed by atoms with Crippen LogP contribution in [0.4, 0.5) is 0 Å². The smallest absolute Gasteiger partial charge is 0.313 e. The molecule has 126 valence electrons. The van der Waals surface area contributed by atoms with Gasteiger partial charge in [0.25, 0.3) is 0 Å². The summed E-state index contributed by atoms with van der Waals surface area (Å²) in [5.74, 6) is -0.276. The molecule has 0 radical (unpaired) electrons. The monoisotopic (exact) mass is 364 g/mol. The number of halogens is 1. The van der Waals surface area contributed by atoms with Crippen molar-refractivity contribution in [2.24, 2.45) is 5.92 Å². The van der Waals surface area contributed by atoms with Gasteiger partial charge in [0.05, 0.1) is 5.92 Å². The number of fused-ring (bicyclic) bond motifs is 1. The minimum atomic E-state index is -0.422. The molecule has 0 bridgehead atoms. The fourth-order valence-electron chi connectivity index (χ4n) is 2.75. The fraction of sp³-hybridized carbons (Fsp3) is 0.333. The third kappa shape index (κ3) is 3.62. The molecule has 1 atom stereocenters. The molecule has 0 fully saturated rings. The number of rotatable bonds is 4. The number of ketones is 1. The average molecular weight is 365 g/mol. The first kappa shape index (κ1) is 17.0. The predicted molar refractivity (Wildman–Crippen MR) is 93.2 cm³/mol. The Hall–Kier alpha value is -1.85. The highest BCUT2D eigenvalue weighted by molar-refractivity contribution is 7.12. The van der Waals surface area contributed by atoms with Crippen LogP contribution in [-0.2, 0) is 16.0 Å². The van der Waals surface area contributed by atoms with E-state index in [9.17, 15) is 9.59 Å². The second-order valence-corrected chi connectivity index (χ2v) is 7.72. The van der Waals surface area contributed by atoms with E-state index in [-0.39, 0.29) is 19.0 Å². The molecule has 1 aliphatic heterocycles. The van der Waals surface area contributed by atoms with Gasteiger partial charge in [-0.3, -0.25) is 9.59 Å². The average Bonchev–Trinajstić information content (AvgIpc) is 2.90. The van der Waals surface area contributed by atoms with Gasteiger partial charge in [0.2, 0.25) is 5.78 Å². The molecule has 0 saturated heterocycles. The van der Waals surface area contributed by atoms with E-state index in [1.165, 1.54) is 0 Å². The topological polar surface area (TPSA) is 52.6 Å². The molecule has 6 heteroatoms. The van der Waals surface area contributed by atoms with Crippen LogP contribution in [0.3, 0.4) is 0 Å². The van der Waals surface area contributed by atoms with Crippen molar-refractivity contribution < 1.29 is 19.1 Å². The largest absolute Gasteiger partial charge is 0.492 e. The molecular formula is C18H17ClO4S. The van der Waals surface area contributed by atoms with Crippen molar-refractivity contribution >= 4 is 34.7 Å². The minimum Gasteiger partial charge on any atom is -0.492 e. The molecule has 0 saturated carbocycles. The van der Waals surface area contributed by atoms with Crippen LogP contribution in [0.5, 0.6) is 5.75 Å². The molecule has 0 N–H and O–H groups in total. The zero-order valence-electron chi connectivity index (χ0n) is 13.4. The van der Waals surface area contributed by atoms with Crippen LogP contribution in [0, 0.1) is 19.8 Å². The highest BCUT2D eigenvalue weighted by Gasteiger charge is 2.28. The molecule has 2 heterocycles. The summed E-state index contributed by atoms with van der Waals surface area (Å²) in [6.45, 7) is 3.85. The predicted octanol–water partition coefficient (Wildman–Crippen LogP) is 4.00. The van der Waals surface area contributed by atoms with Gasteiger partial charge in [-0.15, -0.1) is 11.3 Å². The molecule has 24 heavy (non-hydrogen) atoms. The SMILES string of the molecule is Cc1cc(C(=O)COC(=O)[C@H]2COc3ccc(Cl)cc3C2)c(C)s1. The van der Waals surface area contributed by atoms with Gasteiger partial charge in [-0.05, 0) is 50.1 Å². The van der Waals surface area contributed by atoms with Crippen molar-refractivity contribution in [3.63, 3.8) is 0 Å². The Morgan fingerprint density at radius 3 is 2.83 bits per heavy atom. The zero-order valence-corrected chi connectivity index (χ0v) is 15.0. The summed E-state index contributed by atoms with van der Waals surface area (Å²) in [5.41, 5.74) is 1.51. The van der Waals surface area contributed by atoms with Crippen LogP contribution in [0.2, 0.25) is 5.02 Å². The second-order valence-electron chi connectivity index (χ2n) is 5.82. The standard InChI is InChI=1S/C18H17ClO4S/c1-10-5-15(11(2)24-10)16(20)9-23-18(21)13-6-12-7-14(19)3-4-17(12)22-8-13/h3-5,7,13H,6,8-9H2,1-2H3/t13-/m1/s1. The van der Waals surface area contributed by atoms with Crippen molar-refractivity contribution in [1.29, 1.82) is 0 Å². The maximum absolute atomic E-state index is 12.2. The van der Waals surface area contributed by atoms with Crippen LogP contribution >= 0.6 is 22.9 Å². The first-order valence-corrected chi connectivity index (χ1v) is 8.81. The Balaban J connectivity index is 1.60. The van der Waals surface area contributed by atoms with E-state index >= 15 is 0 Å². The molecule has 1 aromatic carbocycles. The Morgan fingerprint density at radius 2 is 2.12 bits per heavy atom. The van der Waals surface area contributed by atoms with Crippen molar-refractivity contribution in [2.75, 3.05) is 13.2 Å². The Bertz CT molecular complexity index is 796. The fourth-order valence-corrected chi connectivity index (χ4v) is 3.89. The van der Waals surface area contributed by atoms with Gasteiger partial charge in [-0.2, -0.15) is 0 Å². The quantitative estimate of drug-likeness (QED) is 0.608. The van der Waals surface area contributed by atoms with Crippen molar-refractivity contribution in [3.8, 4) is 5.75 Å². The van der Waals surface area contributed by atoms with Crippen LogP contribution in [0.25, 0.3) is 0 Å². The van der Waals surface area contributed by atoms with Crippen LogP contribution < -0.4 is 4.74 Å². The summed E-state index contributed by atoms with van der Waals surface area (Å²) in [5, 5.41) is 0.602. The number of ether oxygens (including phenoxy) is 2. The molecule has 0 amide bonds. The van der Waals surface area contributed by atoms with E-state index < -0.39 is 11.9 Å². The molecule has 3 rings (SSSR count). The number of carbonyl (C=O) groups is 2. The van der Waals surface area contributed by atoms with Crippen LogP contribution in [-0.4, -0.2) is 25.0 Å². The lowest BCUT2D eigenvalue weighted by molar-refractivity contribution is -0.148. The highest BCUT2D eigenvalue weighted by Crippen LogP contribution is 2.30. The van der Waals surface area contributed by atoms with Gasteiger partial charge in [0, 0.05) is 20.3 Å². The number of thiophene rings is 1. The number of benzene rings is 1. The Morgan fingerprint density at radius 1 is 1.33 bits per heavy atom. The van der Waals surface area contributed by atoms with E-state index in [2.05, 4.69) is 0 Å². The summed E-state index contributed by atoms with van der Waals surface area (Å²) >= 11 is 7.54. The molecule has 4 nitrogen and oxygen atoms in total. The number of hydrogen-bond donors (Lipinski definition) is 0. The number of aryl methyl sites for hydroxylation is 2. The van der Waals surface area contributed by atoms with E-state index in [0.29, 0.717) is 17.0 Å². The molecule has 0 unspecified atom stereocenters. The highest BCUT2D eigenvalue weighted by atomic mass is 35.5.